The lowest BCUT2D eigenvalue weighted by Gasteiger charge is -2.06. The number of ether oxygens (including phenoxy) is 1. The van der Waals surface area contributed by atoms with Crippen LogP contribution in [0.3, 0.4) is 0 Å². The van der Waals surface area contributed by atoms with Crippen LogP contribution in [-0.4, -0.2) is 18.8 Å². The van der Waals surface area contributed by atoms with Crippen molar-refractivity contribution in [2.45, 2.75) is 90.1 Å². The molecular formula is C18H31F3O2. The first-order chi connectivity index (χ1) is 11.0. The number of alkyl halides is 3. The number of hydrogen-bond acceptors (Lipinski definition) is 2. The predicted molar refractivity (Wildman–Crippen MR) is 87.2 cm³/mol. The van der Waals surface area contributed by atoms with Crippen LogP contribution in [0.5, 0.6) is 0 Å². The molecule has 0 spiro atoms. The Hall–Kier alpha value is -1.00. The lowest BCUT2D eigenvalue weighted by molar-refractivity contribution is -0.199. The average molecular weight is 336 g/mol. The van der Waals surface area contributed by atoms with Crippen LogP contribution in [0, 0.1) is 0 Å². The van der Waals surface area contributed by atoms with Crippen LogP contribution in [0.15, 0.2) is 12.2 Å². The number of carbonyl (C=O) groups excluding carboxylic acids is 1. The van der Waals surface area contributed by atoms with E-state index in [4.69, 9.17) is 0 Å². The summed E-state index contributed by atoms with van der Waals surface area (Å²) in [7, 11) is 0. The number of allylic oxidation sites excluding steroid dienone is 2. The lowest BCUT2D eigenvalue weighted by atomic mass is 10.1. The minimum atomic E-state index is -4.87. The van der Waals surface area contributed by atoms with Crippen LogP contribution in [-0.2, 0) is 9.53 Å². The molecule has 136 valence electrons. The Labute approximate surface area is 138 Å². The molecule has 0 aliphatic heterocycles. The number of halogens is 3. The monoisotopic (exact) mass is 336 g/mol. The fraction of sp³-hybridized carbons (Fsp3) is 0.833. The molecule has 0 aliphatic rings. The predicted octanol–water partition coefficient (Wildman–Crippen LogP) is 6.35. The highest BCUT2D eigenvalue weighted by Crippen LogP contribution is 2.17. The van der Waals surface area contributed by atoms with Crippen LogP contribution in [0.4, 0.5) is 13.2 Å². The molecule has 5 heteroatoms. The van der Waals surface area contributed by atoms with Crippen molar-refractivity contribution in [1.82, 2.24) is 0 Å². The molecule has 0 amide bonds. The summed E-state index contributed by atoms with van der Waals surface area (Å²) < 4.78 is 39.7. The first-order valence-electron chi connectivity index (χ1n) is 8.87. The summed E-state index contributed by atoms with van der Waals surface area (Å²) in [4.78, 5) is 10.4. The van der Waals surface area contributed by atoms with Crippen molar-refractivity contribution in [3.63, 3.8) is 0 Å². The molecule has 0 unspecified atom stereocenters. The summed E-state index contributed by atoms with van der Waals surface area (Å²) in [6, 6.07) is 0. The van der Waals surface area contributed by atoms with Crippen LogP contribution in [0.2, 0.25) is 0 Å². The first kappa shape index (κ1) is 22.0. The van der Waals surface area contributed by atoms with E-state index in [1.165, 1.54) is 44.9 Å². The summed E-state index contributed by atoms with van der Waals surface area (Å²) in [5.41, 5.74) is 0. The maximum atomic E-state index is 11.9. The van der Waals surface area contributed by atoms with Gasteiger partial charge < -0.3 is 4.74 Å². The lowest BCUT2D eigenvalue weighted by Crippen LogP contribution is -2.25. The smallest absolute Gasteiger partial charge is 0.459 e. The number of rotatable bonds is 14. The largest absolute Gasteiger partial charge is 0.490 e. The standard InChI is InChI=1S/C18H31F3O2/c1-2-3-4-5-6-7-8-9-10-11-12-13-14-15-16-23-17(22)18(19,20)21/h5-6H,2-4,7-16H2,1H3/b6-5+. The molecule has 0 atom stereocenters. The topological polar surface area (TPSA) is 26.3 Å². The molecule has 23 heavy (non-hydrogen) atoms. The molecule has 0 aromatic rings. The van der Waals surface area contributed by atoms with Gasteiger partial charge in [-0.15, -0.1) is 0 Å². The van der Waals surface area contributed by atoms with Crippen LogP contribution in [0.25, 0.3) is 0 Å². The zero-order valence-corrected chi connectivity index (χ0v) is 14.3. The first-order valence-corrected chi connectivity index (χ1v) is 8.87. The van der Waals surface area contributed by atoms with E-state index < -0.39 is 12.1 Å². The van der Waals surface area contributed by atoms with E-state index in [9.17, 15) is 18.0 Å². The molecule has 0 radical (unpaired) electrons. The van der Waals surface area contributed by atoms with Gasteiger partial charge in [-0.25, -0.2) is 4.79 Å². The summed E-state index contributed by atoms with van der Waals surface area (Å²) in [6.07, 6.45) is 12.8. The summed E-state index contributed by atoms with van der Waals surface area (Å²) in [6.45, 7) is 2.06. The highest BCUT2D eigenvalue weighted by atomic mass is 19.4. The van der Waals surface area contributed by atoms with E-state index >= 15 is 0 Å². The Kier molecular flexibility index (Phi) is 13.9. The fourth-order valence-corrected chi connectivity index (χ4v) is 2.23. The Morgan fingerprint density at radius 2 is 1.30 bits per heavy atom. The van der Waals surface area contributed by atoms with Gasteiger partial charge in [0.1, 0.15) is 0 Å². The van der Waals surface area contributed by atoms with Gasteiger partial charge in [0.2, 0.25) is 0 Å². The van der Waals surface area contributed by atoms with Crippen LogP contribution >= 0.6 is 0 Å². The second-order valence-corrected chi connectivity index (χ2v) is 5.86. The molecule has 0 aromatic carbocycles. The SMILES string of the molecule is CCCC/C=C/CCCCCCCCCCOC(=O)C(F)(F)F. The van der Waals surface area contributed by atoms with Crippen LogP contribution < -0.4 is 0 Å². The second kappa shape index (κ2) is 14.6. The maximum absolute atomic E-state index is 11.9. The summed E-state index contributed by atoms with van der Waals surface area (Å²) >= 11 is 0. The van der Waals surface area contributed by atoms with Crippen LogP contribution in [0.1, 0.15) is 84.0 Å². The molecule has 0 heterocycles. The molecule has 0 bridgehead atoms. The summed E-state index contributed by atoms with van der Waals surface area (Å²) in [5.74, 6) is -2.08. The Morgan fingerprint density at radius 1 is 0.826 bits per heavy atom. The van der Waals surface area contributed by atoms with Gasteiger partial charge in [0, 0.05) is 0 Å². The molecule has 0 saturated heterocycles. The van der Waals surface area contributed by atoms with E-state index in [2.05, 4.69) is 23.8 Å². The third-order valence-corrected chi connectivity index (χ3v) is 3.62. The summed E-state index contributed by atoms with van der Waals surface area (Å²) in [5, 5.41) is 0. The van der Waals surface area contributed by atoms with Gasteiger partial charge in [0.05, 0.1) is 6.61 Å². The van der Waals surface area contributed by atoms with Crippen molar-refractivity contribution in [2.24, 2.45) is 0 Å². The Balaban J connectivity index is 3.19. The van der Waals surface area contributed by atoms with Crippen molar-refractivity contribution < 1.29 is 22.7 Å². The van der Waals surface area contributed by atoms with Crippen molar-refractivity contribution in [1.29, 1.82) is 0 Å². The molecule has 0 saturated carbocycles. The fourth-order valence-electron chi connectivity index (χ4n) is 2.23. The third kappa shape index (κ3) is 15.7. The molecule has 0 aliphatic carbocycles. The van der Waals surface area contributed by atoms with E-state index in [-0.39, 0.29) is 6.61 Å². The number of esters is 1. The Morgan fingerprint density at radius 3 is 1.83 bits per heavy atom. The van der Waals surface area contributed by atoms with Gasteiger partial charge in [0.15, 0.2) is 0 Å². The van der Waals surface area contributed by atoms with Gasteiger partial charge in [-0.3, -0.25) is 0 Å². The number of carbonyl (C=O) groups is 1. The van der Waals surface area contributed by atoms with E-state index in [1.54, 1.807) is 0 Å². The van der Waals surface area contributed by atoms with Crippen molar-refractivity contribution in [3.8, 4) is 0 Å². The van der Waals surface area contributed by atoms with Gasteiger partial charge in [-0.1, -0.05) is 70.4 Å². The van der Waals surface area contributed by atoms with E-state index in [0.29, 0.717) is 6.42 Å². The molecule has 0 rings (SSSR count). The van der Waals surface area contributed by atoms with E-state index in [1.807, 2.05) is 0 Å². The molecule has 0 N–H and O–H groups in total. The average Bonchev–Trinajstić information content (AvgIpc) is 2.50. The normalized spacial score (nSPS) is 12.0. The van der Waals surface area contributed by atoms with Gasteiger partial charge >= 0.3 is 12.1 Å². The molecule has 2 nitrogen and oxygen atoms in total. The Bertz CT molecular complexity index is 312. The van der Waals surface area contributed by atoms with Crippen molar-refractivity contribution in [2.75, 3.05) is 6.61 Å². The zero-order chi connectivity index (χ0) is 17.4. The number of hydrogen-bond donors (Lipinski definition) is 0. The highest BCUT2D eigenvalue weighted by Gasteiger charge is 2.40. The van der Waals surface area contributed by atoms with Gasteiger partial charge in [0.25, 0.3) is 0 Å². The quantitative estimate of drug-likeness (QED) is 0.210. The molecule has 0 aromatic heterocycles. The minimum Gasteiger partial charge on any atom is -0.459 e. The molecule has 0 fully saturated rings. The van der Waals surface area contributed by atoms with Crippen molar-refractivity contribution in [3.05, 3.63) is 12.2 Å². The third-order valence-electron chi connectivity index (χ3n) is 3.62. The van der Waals surface area contributed by atoms with Crippen molar-refractivity contribution >= 4 is 5.97 Å². The second-order valence-electron chi connectivity index (χ2n) is 5.86. The highest BCUT2D eigenvalue weighted by molar-refractivity contribution is 5.75. The van der Waals surface area contributed by atoms with Gasteiger partial charge in [-0.05, 0) is 25.7 Å². The minimum absolute atomic E-state index is 0.136. The zero-order valence-electron chi connectivity index (χ0n) is 14.3. The maximum Gasteiger partial charge on any atom is 0.490 e. The number of unbranched alkanes of at least 4 members (excludes halogenated alkanes) is 10. The molecular weight excluding hydrogens is 305 g/mol. The van der Waals surface area contributed by atoms with E-state index in [0.717, 1.165) is 25.7 Å². The van der Waals surface area contributed by atoms with Gasteiger partial charge in [-0.2, -0.15) is 13.2 Å².